The zero-order chi connectivity index (χ0) is 23.2. The van der Waals surface area contributed by atoms with E-state index in [1.165, 1.54) is 13.7 Å². The van der Waals surface area contributed by atoms with Gasteiger partial charge in [0.15, 0.2) is 0 Å². The standard InChI is InChI=1S/C21H24BF3N5O2S.H2S/c23-21(24,25)7-15-6-16-18(26-12-27-19(16)33-15)29-8-13-3-5-28(9-14(13)10-29)20(32)17-2-1-4-30(17)22-11-31;/h6,11-14,17H,1-5,7-10H2;1H2/t13-,14+,17-;/m0./s1. The largest absolute Gasteiger partial charge is 0.393 e. The van der Waals surface area contributed by atoms with E-state index in [4.69, 9.17) is 0 Å². The van der Waals surface area contributed by atoms with Gasteiger partial charge in [-0.2, -0.15) is 26.7 Å². The van der Waals surface area contributed by atoms with E-state index in [2.05, 4.69) is 14.9 Å². The van der Waals surface area contributed by atoms with Crippen molar-refractivity contribution in [2.75, 3.05) is 37.6 Å². The van der Waals surface area contributed by atoms with E-state index in [-0.39, 0.29) is 36.2 Å². The summed E-state index contributed by atoms with van der Waals surface area (Å²) in [5, 5.41) is 0.666. The Bertz CT molecular complexity index is 1060. The third kappa shape index (κ3) is 5.06. The minimum Gasteiger partial charge on any atom is -0.355 e. The molecule has 5 heterocycles. The summed E-state index contributed by atoms with van der Waals surface area (Å²) >= 11 is 1.06. The van der Waals surface area contributed by atoms with Crippen LogP contribution < -0.4 is 4.90 Å². The summed E-state index contributed by atoms with van der Waals surface area (Å²) in [6, 6.07) is 1.31. The lowest BCUT2D eigenvalue weighted by molar-refractivity contribution is -0.136. The van der Waals surface area contributed by atoms with Crippen molar-refractivity contribution >= 4 is 60.4 Å². The van der Waals surface area contributed by atoms with Crippen LogP contribution in [-0.2, 0) is 16.0 Å². The number of thiophene rings is 1. The molecule has 13 heteroatoms. The number of carbonyl (C=O) groups is 2. The second kappa shape index (κ2) is 10.0. The summed E-state index contributed by atoms with van der Waals surface area (Å²) in [5.74, 6) is 1.46. The highest BCUT2D eigenvalue weighted by Gasteiger charge is 2.42. The molecule has 0 aromatic carbocycles. The first-order chi connectivity index (χ1) is 15.8. The van der Waals surface area contributed by atoms with Crippen molar-refractivity contribution in [1.29, 1.82) is 0 Å². The van der Waals surface area contributed by atoms with Crippen molar-refractivity contribution in [3.63, 3.8) is 0 Å². The first-order valence-corrected chi connectivity index (χ1v) is 12.0. The molecular weight excluding hydrogens is 486 g/mol. The average Bonchev–Trinajstić information content (AvgIpc) is 3.48. The highest BCUT2D eigenvalue weighted by Crippen LogP contribution is 2.38. The van der Waals surface area contributed by atoms with Crippen molar-refractivity contribution in [2.24, 2.45) is 11.8 Å². The minimum atomic E-state index is -4.26. The number of hydrogen-bond acceptors (Lipinski definition) is 7. The molecule has 7 nitrogen and oxygen atoms in total. The third-order valence-corrected chi connectivity index (χ3v) is 8.02. The molecule has 2 aromatic heterocycles. The SMILES string of the molecule is O=C[B]N1CCC[C@H]1C(=O)N1CC[C@H]2CN(c3ncnc4sc(CC(F)(F)F)cc34)C[C@H]2C1.S. The van der Waals surface area contributed by atoms with Gasteiger partial charge in [0.05, 0.1) is 24.0 Å². The molecule has 5 rings (SSSR count). The third-order valence-electron chi connectivity index (χ3n) is 6.98. The van der Waals surface area contributed by atoms with E-state index >= 15 is 0 Å². The van der Waals surface area contributed by atoms with Crippen LogP contribution in [0.3, 0.4) is 0 Å². The summed E-state index contributed by atoms with van der Waals surface area (Å²) in [5.41, 5.74) is 0. The molecule has 3 saturated heterocycles. The van der Waals surface area contributed by atoms with Crippen LogP contribution in [0.4, 0.5) is 19.0 Å². The fraction of sp³-hybridized carbons (Fsp3) is 0.619. The molecule has 0 N–H and O–H groups in total. The van der Waals surface area contributed by atoms with Crippen LogP contribution >= 0.6 is 24.8 Å². The molecular formula is C21H26BF3N5O2S2. The van der Waals surface area contributed by atoms with Gasteiger partial charge in [0.25, 0.3) is 7.41 Å². The Morgan fingerprint density at radius 2 is 1.97 bits per heavy atom. The van der Waals surface area contributed by atoms with Crippen LogP contribution in [0.25, 0.3) is 10.2 Å². The number of nitrogens with zero attached hydrogens (tertiary/aromatic N) is 5. The van der Waals surface area contributed by atoms with E-state index in [9.17, 15) is 22.8 Å². The number of halogens is 3. The predicted octanol–water partition coefficient (Wildman–Crippen LogP) is 2.47. The number of amides is 1. The number of piperidine rings is 1. The van der Waals surface area contributed by atoms with Gasteiger partial charge in [-0.3, -0.25) is 4.79 Å². The van der Waals surface area contributed by atoms with Crippen LogP contribution in [0.2, 0.25) is 0 Å². The fourth-order valence-electron chi connectivity index (χ4n) is 5.49. The number of fused-ring (bicyclic) bond motifs is 2. The molecule has 3 aliphatic rings. The van der Waals surface area contributed by atoms with E-state index in [0.717, 1.165) is 49.9 Å². The highest BCUT2D eigenvalue weighted by molar-refractivity contribution is 7.59. The molecule has 3 atom stereocenters. The van der Waals surface area contributed by atoms with Crippen LogP contribution in [-0.4, -0.2) is 84.1 Å². The number of hydrogen-bond donors (Lipinski definition) is 0. The maximum Gasteiger partial charge on any atom is 0.393 e. The van der Waals surface area contributed by atoms with Crippen molar-refractivity contribution in [1.82, 2.24) is 19.7 Å². The molecule has 1 radical (unpaired) electrons. The van der Waals surface area contributed by atoms with Gasteiger partial charge in [-0.05, 0) is 43.7 Å². The molecule has 3 aliphatic heterocycles. The Morgan fingerprint density at radius 3 is 2.74 bits per heavy atom. The molecule has 183 valence electrons. The highest BCUT2D eigenvalue weighted by atomic mass is 32.1. The van der Waals surface area contributed by atoms with Gasteiger partial charge in [-0.25, -0.2) is 9.97 Å². The number of aromatic nitrogens is 2. The molecule has 1 amide bonds. The van der Waals surface area contributed by atoms with Crippen LogP contribution in [0, 0.1) is 11.8 Å². The summed E-state index contributed by atoms with van der Waals surface area (Å²) in [4.78, 5) is 39.4. The summed E-state index contributed by atoms with van der Waals surface area (Å²) < 4.78 is 38.6. The van der Waals surface area contributed by atoms with Crippen LogP contribution in [0.5, 0.6) is 0 Å². The first-order valence-electron chi connectivity index (χ1n) is 11.2. The number of likely N-dealkylation sites (tertiary alicyclic amines) is 1. The first kappa shape index (κ1) is 25.2. The Labute approximate surface area is 207 Å². The zero-order valence-electron chi connectivity index (χ0n) is 18.5. The van der Waals surface area contributed by atoms with Gasteiger partial charge in [0.1, 0.15) is 17.0 Å². The van der Waals surface area contributed by atoms with Crippen LogP contribution in [0.1, 0.15) is 24.1 Å². The molecule has 0 aliphatic carbocycles. The summed E-state index contributed by atoms with van der Waals surface area (Å²) in [6.45, 7) is 3.55. The second-order valence-electron chi connectivity index (χ2n) is 9.10. The van der Waals surface area contributed by atoms with Crippen molar-refractivity contribution in [3.8, 4) is 0 Å². The van der Waals surface area contributed by atoms with Gasteiger partial charge in [0, 0.05) is 31.1 Å². The Hall–Kier alpha value is -1.86. The van der Waals surface area contributed by atoms with Gasteiger partial charge < -0.3 is 19.4 Å². The molecule has 2 aromatic rings. The molecule has 34 heavy (non-hydrogen) atoms. The van der Waals surface area contributed by atoms with E-state index < -0.39 is 12.6 Å². The maximum atomic E-state index is 13.1. The van der Waals surface area contributed by atoms with Crippen molar-refractivity contribution < 1.29 is 22.8 Å². The minimum absolute atomic E-state index is 0. The normalized spacial score (nSPS) is 25.3. The predicted molar refractivity (Wildman–Crippen MR) is 130 cm³/mol. The van der Waals surface area contributed by atoms with Crippen LogP contribution in [0.15, 0.2) is 12.4 Å². The topological polar surface area (TPSA) is 69.6 Å². The van der Waals surface area contributed by atoms with E-state index in [1.807, 2.05) is 9.71 Å². The number of rotatable bonds is 5. The zero-order valence-corrected chi connectivity index (χ0v) is 20.3. The monoisotopic (exact) mass is 512 g/mol. The van der Waals surface area contributed by atoms with E-state index in [1.54, 1.807) is 6.07 Å². The number of carbonyl (C=O) groups excluding carboxylic acids is 2. The quantitative estimate of drug-likeness (QED) is 0.453. The van der Waals surface area contributed by atoms with Gasteiger partial charge >= 0.3 is 6.18 Å². The second-order valence-corrected chi connectivity index (χ2v) is 10.2. The average molecular weight is 512 g/mol. The summed E-state index contributed by atoms with van der Waals surface area (Å²) in [6.07, 6.45) is -0.525. The van der Waals surface area contributed by atoms with Crippen molar-refractivity contribution in [2.45, 2.75) is 37.9 Å². The lowest BCUT2D eigenvalue weighted by atomic mass is 9.88. The lowest BCUT2D eigenvalue weighted by Crippen LogP contribution is -2.51. The Balaban J connectivity index is 0.00000274. The maximum absolute atomic E-state index is 13.1. The number of alkyl halides is 3. The van der Waals surface area contributed by atoms with Gasteiger partial charge in [-0.1, -0.05) is 0 Å². The Morgan fingerprint density at radius 1 is 1.18 bits per heavy atom. The fourth-order valence-corrected chi connectivity index (χ4v) is 6.51. The number of anilines is 1. The molecule has 0 saturated carbocycles. The smallest absolute Gasteiger partial charge is 0.355 e. The van der Waals surface area contributed by atoms with Gasteiger partial charge in [-0.15, -0.1) is 11.3 Å². The molecule has 3 fully saturated rings. The molecule has 0 bridgehead atoms. The molecule has 0 unspecified atom stereocenters. The Kier molecular flexibility index (Phi) is 7.44. The lowest BCUT2D eigenvalue weighted by Gasteiger charge is -2.37. The van der Waals surface area contributed by atoms with Gasteiger partial charge in [0.2, 0.25) is 5.91 Å². The molecule has 0 spiro atoms. The summed E-state index contributed by atoms with van der Waals surface area (Å²) in [7, 11) is 1.47. The van der Waals surface area contributed by atoms with Crippen molar-refractivity contribution in [3.05, 3.63) is 17.3 Å². The van der Waals surface area contributed by atoms with E-state index in [0.29, 0.717) is 41.6 Å².